The van der Waals surface area contributed by atoms with Crippen molar-refractivity contribution < 1.29 is 17.9 Å². The van der Waals surface area contributed by atoms with Gasteiger partial charge in [0.1, 0.15) is 5.82 Å². The maximum Gasteiger partial charge on any atom is 0.451 e. The molecule has 0 amide bonds. The molecule has 0 unspecified atom stereocenters. The van der Waals surface area contributed by atoms with E-state index in [2.05, 4.69) is 9.97 Å². The Morgan fingerprint density at radius 1 is 1.38 bits per heavy atom. The number of anilines is 1. The van der Waals surface area contributed by atoms with Gasteiger partial charge in [0.2, 0.25) is 11.7 Å². The Bertz CT molecular complexity index is 354. The van der Waals surface area contributed by atoms with Crippen LogP contribution in [0.1, 0.15) is 25.6 Å². The third-order valence-corrected chi connectivity index (χ3v) is 1.72. The number of nitrogens with zero attached hydrogens (tertiary/aromatic N) is 2. The van der Waals surface area contributed by atoms with Gasteiger partial charge in [0, 0.05) is 6.07 Å². The third-order valence-electron chi connectivity index (χ3n) is 1.72. The van der Waals surface area contributed by atoms with E-state index >= 15 is 0 Å². The average Bonchev–Trinajstić information content (AvgIpc) is 2.16. The number of ether oxygens (including phenoxy) is 1. The van der Waals surface area contributed by atoms with Gasteiger partial charge in [-0.05, 0) is 6.42 Å². The summed E-state index contributed by atoms with van der Waals surface area (Å²) in [7, 11) is 0. The molecule has 0 aliphatic carbocycles. The molecule has 0 atom stereocenters. The van der Waals surface area contributed by atoms with Gasteiger partial charge < -0.3 is 10.5 Å². The van der Waals surface area contributed by atoms with E-state index in [1.54, 1.807) is 0 Å². The first-order valence-electron chi connectivity index (χ1n) is 4.78. The molecule has 0 saturated heterocycles. The molecule has 0 aromatic carbocycles. The minimum absolute atomic E-state index is 0.145. The summed E-state index contributed by atoms with van der Waals surface area (Å²) in [5, 5.41) is 0. The van der Waals surface area contributed by atoms with Crippen molar-refractivity contribution in [1.82, 2.24) is 9.97 Å². The fourth-order valence-electron chi connectivity index (χ4n) is 0.965. The van der Waals surface area contributed by atoms with E-state index in [0.717, 1.165) is 12.8 Å². The van der Waals surface area contributed by atoms with Crippen LogP contribution in [0.2, 0.25) is 0 Å². The predicted molar refractivity (Wildman–Crippen MR) is 51.8 cm³/mol. The van der Waals surface area contributed by atoms with Gasteiger partial charge in [-0.3, -0.25) is 0 Å². The van der Waals surface area contributed by atoms with E-state index in [4.69, 9.17) is 10.5 Å². The Hall–Kier alpha value is -1.53. The highest BCUT2D eigenvalue weighted by Gasteiger charge is 2.35. The Morgan fingerprint density at radius 3 is 2.62 bits per heavy atom. The highest BCUT2D eigenvalue weighted by Crippen LogP contribution is 2.28. The van der Waals surface area contributed by atoms with Gasteiger partial charge in [-0.25, -0.2) is 4.98 Å². The van der Waals surface area contributed by atoms with Gasteiger partial charge >= 0.3 is 6.18 Å². The average molecular weight is 235 g/mol. The molecule has 1 heterocycles. The number of rotatable bonds is 4. The van der Waals surface area contributed by atoms with E-state index in [1.807, 2.05) is 6.92 Å². The van der Waals surface area contributed by atoms with Crippen LogP contribution >= 0.6 is 0 Å². The zero-order valence-electron chi connectivity index (χ0n) is 8.71. The standard InChI is InChI=1S/C9H12F3N3O/c1-2-3-4-16-7-5-6(13)14-8(15-7)9(10,11)12/h5H,2-4H2,1H3,(H2,13,14,15). The zero-order chi connectivity index (χ0) is 12.2. The second-order valence-corrected chi connectivity index (χ2v) is 3.15. The van der Waals surface area contributed by atoms with Crippen LogP contribution < -0.4 is 10.5 Å². The fourth-order valence-corrected chi connectivity index (χ4v) is 0.965. The van der Waals surface area contributed by atoms with Crippen LogP contribution in [0, 0.1) is 0 Å². The summed E-state index contributed by atoms with van der Waals surface area (Å²) in [5.74, 6) is -1.68. The van der Waals surface area contributed by atoms with E-state index < -0.39 is 12.0 Å². The van der Waals surface area contributed by atoms with Crippen LogP contribution in [-0.2, 0) is 6.18 Å². The Morgan fingerprint density at radius 2 is 2.06 bits per heavy atom. The lowest BCUT2D eigenvalue weighted by Gasteiger charge is -2.09. The second-order valence-electron chi connectivity index (χ2n) is 3.15. The summed E-state index contributed by atoms with van der Waals surface area (Å²) in [6, 6.07) is 1.17. The predicted octanol–water partition coefficient (Wildman–Crippen LogP) is 2.26. The zero-order valence-corrected chi connectivity index (χ0v) is 8.71. The lowest BCUT2D eigenvalue weighted by Crippen LogP contribution is -2.13. The summed E-state index contributed by atoms with van der Waals surface area (Å²) in [5.41, 5.74) is 5.23. The highest BCUT2D eigenvalue weighted by atomic mass is 19.4. The molecular weight excluding hydrogens is 223 g/mol. The van der Waals surface area contributed by atoms with Crippen molar-refractivity contribution in [2.24, 2.45) is 0 Å². The molecule has 7 heteroatoms. The van der Waals surface area contributed by atoms with E-state index in [0.29, 0.717) is 6.61 Å². The van der Waals surface area contributed by atoms with Crippen LogP contribution in [0.25, 0.3) is 0 Å². The van der Waals surface area contributed by atoms with E-state index in [9.17, 15) is 13.2 Å². The molecule has 0 fully saturated rings. The van der Waals surface area contributed by atoms with Gasteiger partial charge in [-0.2, -0.15) is 18.2 Å². The molecule has 0 aliphatic rings. The topological polar surface area (TPSA) is 61.0 Å². The molecule has 90 valence electrons. The first kappa shape index (κ1) is 12.5. The van der Waals surface area contributed by atoms with Gasteiger partial charge in [0.25, 0.3) is 0 Å². The summed E-state index contributed by atoms with van der Waals surface area (Å²) >= 11 is 0. The van der Waals surface area contributed by atoms with Crippen molar-refractivity contribution in [1.29, 1.82) is 0 Å². The van der Waals surface area contributed by atoms with E-state index in [1.165, 1.54) is 6.07 Å². The number of aromatic nitrogens is 2. The molecule has 1 aromatic rings. The molecule has 0 aliphatic heterocycles. The maximum atomic E-state index is 12.3. The minimum Gasteiger partial charge on any atom is -0.478 e. The van der Waals surface area contributed by atoms with Gasteiger partial charge in [-0.1, -0.05) is 13.3 Å². The summed E-state index contributed by atoms with van der Waals surface area (Å²) < 4.78 is 41.9. The lowest BCUT2D eigenvalue weighted by molar-refractivity contribution is -0.145. The molecule has 4 nitrogen and oxygen atoms in total. The molecule has 1 rings (SSSR count). The lowest BCUT2D eigenvalue weighted by atomic mass is 10.4. The number of hydrogen-bond donors (Lipinski definition) is 1. The van der Waals surface area contributed by atoms with Crippen molar-refractivity contribution in [3.63, 3.8) is 0 Å². The van der Waals surface area contributed by atoms with Gasteiger partial charge in [-0.15, -0.1) is 0 Å². The van der Waals surface area contributed by atoms with Crippen LogP contribution in [-0.4, -0.2) is 16.6 Å². The number of alkyl halides is 3. The molecule has 0 spiro atoms. The molecule has 0 radical (unpaired) electrons. The van der Waals surface area contributed by atoms with Crippen LogP contribution in [0.15, 0.2) is 6.07 Å². The molecule has 2 N–H and O–H groups in total. The summed E-state index contributed by atoms with van der Waals surface area (Å²) in [6.07, 6.45) is -2.99. The smallest absolute Gasteiger partial charge is 0.451 e. The highest BCUT2D eigenvalue weighted by molar-refractivity contribution is 5.33. The number of unbranched alkanes of at least 4 members (excludes halogenated alkanes) is 1. The first-order chi connectivity index (χ1) is 7.43. The molecule has 16 heavy (non-hydrogen) atoms. The van der Waals surface area contributed by atoms with Gasteiger partial charge in [0.15, 0.2) is 0 Å². The maximum absolute atomic E-state index is 12.3. The largest absolute Gasteiger partial charge is 0.478 e. The molecule has 0 bridgehead atoms. The van der Waals surface area contributed by atoms with Crippen molar-refractivity contribution >= 4 is 5.82 Å². The van der Waals surface area contributed by atoms with Gasteiger partial charge in [0.05, 0.1) is 6.61 Å². The second kappa shape index (κ2) is 5.00. The van der Waals surface area contributed by atoms with E-state index in [-0.39, 0.29) is 11.7 Å². The van der Waals surface area contributed by atoms with Crippen molar-refractivity contribution in [2.45, 2.75) is 25.9 Å². The fraction of sp³-hybridized carbons (Fsp3) is 0.556. The Labute approximate surface area is 90.6 Å². The number of hydrogen-bond acceptors (Lipinski definition) is 4. The number of nitrogen functional groups attached to an aromatic ring is 1. The van der Waals surface area contributed by atoms with Crippen LogP contribution in [0.5, 0.6) is 5.88 Å². The Balaban J connectivity index is 2.82. The number of halogens is 3. The molecular formula is C9H12F3N3O. The minimum atomic E-state index is -4.61. The summed E-state index contributed by atoms with van der Waals surface area (Å²) in [4.78, 5) is 6.33. The van der Waals surface area contributed by atoms with Crippen molar-refractivity contribution in [3.8, 4) is 5.88 Å². The number of nitrogens with two attached hydrogens (primary N) is 1. The third kappa shape index (κ3) is 3.56. The van der Waals surface area contributed by atoms with Crippen LogP contribution in [0.4, 0.5) is 19.0 Å². The normalized spacial score (nSPS) is 11.5. The molecule has 0 saturated carbocycles. The Kier molecular flexibility index (Phi) is 3.92. The monoisotopic (exact) mass is 235 g/mol. The molecule has 1 aromatic heterocycles. The van der Waals surface area contributed by atoms with Crippen molar-refractivity contribution in [2.75, 3.05) is 12.3 Å². The van der Waals surface area contributed by atoms with Crippen molar-refractivity contribution in [3.05, 3.63) is 11.9 Å². The quantitative estimate of drug-likeness (QED) is 0.813. The summed E-state index contributed by atoms with van der Waals surface area (Å²) in [6.45, 7) is 2.25. The SMILES string of the molecule is CCCCOc1cc(N)nc(C(F)(F)F)n1. The van der Waals surface area contributed by atoms with Crippen LogP contribution in [0.3, 0.4) is 0 Å². The first-order valence-corrected chi connectivity index (χ1v) is 4.78.